The number of hydrogen-bond acceptors (Lipinski definition) is 3. The van der Waals surface area contributed by atoms with Crippen LogP contribution in [-0.2, 0) is 6.42 Å². The van der Waals surface area contributed by atoms with Gasteiger partial charge in [-0.15, -0.1) is 6.58 Å². The molecule has 1 aromatic rings. The van der Waals surface area contributed by atoms with Gasteiger partial charge in [-0.1, -0.05) is 12.5 Å². The van der Waals surface area contributed by atoms with Gasteiger partial charge in [0, 0.05) is 18.0 Å². The average molecular weight is 208 g/mol. The lowest BCUT2D eigenvalue weighted by molar-refractivity contribution is 0.474. The van der Waals surface area contributed by atoms with Gasteiger partial charge in [0.1, 0.15) is 5.76 Å². The summed E-state index contributed by atoms with van der Waals surface area (Å²) in [7, 11) is 0. The number of nitrogens with one attached hydrogen (secondary N) is 1. The Morgan fingerprint density at radius 1 is 1.67 bits per heavy atom. The Labute approximate surface area is 91.3 Å². The molecular formula is C12H20N2O. The zero-order valence-corrected chi connectivity index (χ0v) is 9.55. The molecule has 0 spiro atoms. The second-order valence-electron chi connectivity index (χ2n) is 3.87. The predicted molar refractivity (Wildman–Crippen MR) is 62.2 cm³/mol. The summed E-state index contributed by atoms with van der Waals surface area (Å²) in [5.74, 6) is 6.57. The molecule has 1 rings (SSSR count). The number of nitrogens with two attached hydrogens (primary N) is 1. The van der Waals surface area contributed by atoms with Gasteiger partial charge in [-0.3, -0.25) is 11.3 Å². The Balaban J connectivity index is 2.69. The van der Waals surface area contributed by atoms with Crippen molar-refractivity contribution in [3.05, 3.63) is 35.8 Å². The molecule has 0 saturated heterocycles. The van der Waals surface area contributed by atoms with Gasteiger partial charge in [0.2, 0.25) is 0 Å². The standard InChI is InChI=1S/C12H20N2O/c1-4-12-10(7-8-15-12)11(14-13)6-5-9(2)3/h7-8,11,14H,2,4-6,13H2,1,3H3. The second-order valence-corrected chi connectivity index (χ2v) is 3.87. The molecule has 0 aromatic carbocycles. The molecule has 3 nitrogen and oxygen atoms in total. The SMILES string of the molecule is C=C(C)CCC(NN)c1ccoc1CC. The molecule has 15 heavy (non-hydrogen) atoms. The first kappa shape index (κ1) is 12.0. The van der Waals surface area contributed by atoms with Crippen LogP contribution in [0.25, 0.3) is 0 Å². The summed E-state index contributed by atoms with van der Waals surface area (Å²) >= 11 is 0. The monoisotopic (exact) mass is 208 g/mol. The molecule has 0 saturated carbocycles. The van der Waals surface area contributed by atoms with Gasteiger partial charge in [0.25, 0.3) is 0 Å². The molecule has 0 radical (unpaired) electrons. The van der Waals surface area contributed by atoms with Crippen molar-refractivity contribution in [3.63, 3.8) is 0 Å². The zero-order chi connectivity index (χ0) is 11.3. The highest BCUT2D eigenvalue weighted by Crippen LogP contribution is 2.24. The van der Waals surface area contributed by atoms with Crippen LogP contribution in [0.1, 0.15) is 44.1 Å². The van der Waals surface area contributed by atoms with E-state index in [-0.39, 0.29) is 6.04 Å². The van der Waals surface area contributed by atoms with Crippen molar-refractivity contribution in [2.24, 2.45) is 5.84 Å². The molecule has 0 fully saturated rings. The highest BCUT2D eigenvalue weighted by atomic mass is 16.3. The Morgan fingerprint density at radius 3 is 2.93 bits per heavy atom. The number of furan rings is 1. The van der Waals surface area contributed by atoms with E-state index in [1.807, 2.05) is 13.0 Å². The molecule has 0 aliphatic carbocycles. The molecule has 1 unspecified atom stereocenters. The van der Waals surface area contributed by atoms with Gasteiger partial charge in [-0.2, -0.15) is 0 Å². The molecule has 1 aromatic heterocycles. The average Bonchev–Trinajstić information content (AvgIpc) is 2.66. The van der Waals surface area contributed by atoms with E-state index in [1.54, 1.807) is 6.26 Å². The maximum absolute atomic E-state index is 5.55. The molecule has 3 N–H and O–H groups in total. The fourth-order valence-electron chi connectivity index (χ4n) is 1.67. The minimum atomic E-state index is 0.162. The molecule has 0 aliphatic heterocycles. The number of hydrogen-bond donors (Lipinski definition) is 2. The van der Waals surface area contributed by atoms with Crippen molar-refractivity contribution in [1.29, 1.82) is 0 Å². The van der Waals surface area contributed by atoms with Crippen LogP contribution in [0.4, 0.5) is 0 Å². The number of hydrazine groups is 1. The van der Waals surface area contributed by atoms with Gasteiger partial charge in [0.15, 0.2) is 0 Å². The topological polar surface area (TPSA) is 51.2 Å². The Kier molecular flexibility index (Phi) is 4.59. The van der Waals surface area contributed by atoms with E-state index in [9.17, 15) is 0 Å². The third-order valence-corrected chi connectivity index (χ3v) is 2.54. The molecule has 0 aliphatic rings. The number of rotatable bonds is 6. The van der Waals surface area contributed by atoms with Crippen molar-refractivity contribution in [1.82, 2.24) is 5.43 Å². The fourth-order valence-corrected chi connectivity index (χ4v) is 1.67. The lowest BCUT2D eigenvalue weighted by Crippen LogP contribution is -2.28. The van der Waals surface area contributed by atoms with Crippen molar-refractivity contribution >= 4 is 0 Å². The summed E-state index contributed by atoms with van der Waals surface area (Å²) in [6, 6.07) is 2.15. The van der Waals surface area contributed by atoms with Crippen LogP contribution in [0.3, 0.4) is 0 Å². The first-order chi connectivity index (χ1) is 7.19. The molecule has 1 atom stereocenters. The van der Waals surface area contributed by atoms with Crippen molar-refractivity contribution in [3.8, 4) is 0 Å². The van der Waals surface area contributed by atoms with Crippen molar-refractivity contribution < 1.29 is 4.42 Å². The third kappa shape index (κ3) is 3.22. The van der Waals surface area contributed by atoms with E-state index in [1.165, 1.54) is 11.1 Å². The quantitative estimate of drug-likeness (QED) is 0.429. The van der Waals surface area contributed by atoms with Crippen LogP contribution < -0.4 is 11.3 Å². The van der Waals surface area contributed by atoms with Crippen LogP contribution in [0.15, 0.2) is 28.9 Å². The third-order valence-electron chi connectivity index (χ3n) is 2.54. The summed E-state index contributed by atoms with van der Waals surface area (Å²) in [5, 5.41) is 0. The van der Waals surface area contributed by atoms with E-state index in [0.717, 1.165) is 25.0 Å². The van der Waals surface area contributed by atoms with Crippen molar-refractivity contribution in [2.75, 3.05) is 0 Å². The normalized spacial score (nSPS) is 12.7. The van der Waals surface area contributed by atoms with E-state index in [2.05, 4.69) is 18.9 Å². The van der Waals surface area contributed by atoms with E-state index in [4.69, 9.17) is 10.3 Å². The maximum Gasteiger partial charge on any atom is 0.108 e. The molecule has 84 valence electrons. The molecule has 0 bridgehead atoms. The first-order valence-electron chi connectivity index (χ1n) is 5.35. The van der Waals surface area contributed by atoms with Gasteiger partial charge >= 0.3 is 0 Å². The highest BCUT2D eigenvalue weighted by Gasteiger charge is 2.15. The minimum absolute atomic E-state index is 0.162. The lowest BCUT2D eigenvalue weighted by Gasteiger charge is -2.15. The van der Waals surface area contributed by atoms with Gasteiger partial charge in [-0.25, -0.2) is 0 Å². The van der Waals surface area contributed by atoms with Gasteiger partial charge in [0.05, 0.1) is 6.26 Å². The van der Waals surface area contributed by atoms with Crippen LogP contribution >= 0.6 is 0 Å². The van der Waals surface area contributed by atoms with E-state index in [0.29, 0.717) is 0 Å². The zero-order valence-electron chi connectivity index (χ0n) is 9.55. The molecule has 1 heterocycles. The smallest absolute Gasteiger partial charge is 0.108 e. The van der Waals surface area contributed by atoms with Gasteiger partial charge < -0.3 is 4.42 Å². The predicted octanol–water partition coefficient (Wildman–Crippen LogP) is 2.70. The summed E-state index contributed by atoms with van der Waals surface area (Å²) in [6.07, 6.45) is 4.55. The summed E-state index contributed by atoms with van der Waals surface area (Å²) < 4.78 is 5.39. The fraction of sp³-hybridized carbons (Fsp3) is 0.500. The Morgan fingerprint density at radius 2 is 2.40 bits per heavy atom. The number of allylic oxidation sites excluding steroid dienone is 1. The van der Waals surface area contributed by atoms with Crippen molar-refractivity contribution in [2.45, 2.75) is 39.2 Å². The molecular weight excluding hydrogens is 188 g/mol. The maximum atomic E-state index is 5.55. The minimum Gasteiger partial charge on any atom is -0.469 e. The second kappa shape index (κ2) is 5.73. The largest absolute Gasteiger partial charge is 0.469 e. The van der Waals surface area contributed by atoms with Crippen LogP contribution in [-0.4, -0.2) is 0 Å². The molecule has 0 amide bonds. The van der Waals surface area contributed by atoms with E-state index >= 15 is 0 Å². The number of aryl methyl sites for hydroxylation is 1. The van der Waals surface area contributed by atoms with Crippen LogP contribution in [0, 0.1) is 0 Å². The summed E-state index contributed by atoms with van der Waals surface area (Å²) in [4.78, 5) is 0. The summed E-state index contributed by atoms with van der Waals surface area (Å²) in [5.41, 5.74) is 5.18. The highest BCUT2D eigenvalue weighted by molar-refractivity contribution is 5.21. The first-order valence-corrected chi connectivity index (χ1v) is 5.35. The Hall–Kier alpha value is -1.06. The Bertz CT molecular complexity index is 317. The van der Waals surface area contributed by atoms with Crippen LogP contribution in [0.2, 0.25) is 0 Å². The van der Waals surface area contributed by atoms with E-state index < -0.39 is 0 Å². The van der Waals surface area contributed by atoms with Crippen LogP contribution in [0.5, 0.6) is 0 Å². The lowest BCUT2D eigenvalue weighted by atomic mass is 10.0. The van der Waals surface area contributed by atoms with Gasteiger partial charge in [-0.05, 0) is 25.8 Å². The summed E-state index contributed by atoms with van der Waals surface area (Å²) in [6.45, 7) is 8.00. The molecule has 3 heteroatoms.